The van der Waals surface area contributed by atoms with Crippen molar-refractivity contribution in [1.82, 2.24) is 9.97 Å². The molecule has 0 bridgehead atoms. The fourth-order valence-electron chi connectivity index (χ4n) is 2.41. The predicted octanol–water partition coefficient (Wildman–Crippen LogP) is 4.01. The number of aromatic nitrogens is 2. The molecule has 0 atom stereocenters. The maximum Gasteiger partial charge on any atom is 0.433 e. The number of furan rings is 1. The van der Waals surface area contributed by atoms with Crippen molar-refractivity contribution >= 4 is 34.8 Å². The number of nitro groups is 1. The van der Waals surface area contributed by atoms with Gasteiger partial charge in [-0.15, -0.1) is 0 Å². The molecule has 25 heavy (non-hydrogen) atoms. The largest absolute Gasteiger partial charge is 0.433 e. The molecule has 126 valence electrons. The number of hydrogen-bond acceptors (Lipinski definition) is 6. The van der Waals surface area contributed by atoms with Crippen LogP contribution >= 0.6 is 0 Å². The van der Waals surface area contributed by atoms with Gasteiger partial charge in [-0.05, 0) is 43.2 Å². The van der Waals surface area contributed by atoms with Gasteiger partial charge >= 0.3 is 5.88 Å². The lowest BCUT2D eigenvalue weighted by atomic mass is 10.2. The molecular weight excluding hydrogens is 327 g/mol. The lowest BCUT2D eigenvalue weighted by Gasteiger charge is -2.08. The zero-order valence-electron chi connectivity index (χ0n) is 13.0. The van der Waals surface area contributed by atoms with Crippen LogP contribution in [0.2, 0.25) is 0 Å². The first-order chi connectivity index (χ1) is 12.1. The van der Waals surface area contributed by atoms with E-state index in [4.69, 9.17) is 4.42 Å². The average Bonchev–Trinajstić information content (AvgIpc) is 3.26. The van der Waals surface area contributed by atoms with E-state index < -0.39 is 4.92 Å². The van der Waals surface area contributed by atoms with Crippen LogP contribution < -0.4 is 5.32 Å². The molecule has 8 heteroatoms. The molecule has 1 aromatic carbocycles. The van der Waals surface area contributed by atoms with Crippen LogP contribution in [0, 0.1) is 15.9 Å². The van der Waals surface area contributed by atoms with Crippen LogP contribution in [0.15, 0.2) is 34.7 Å². The highest BCUT2D eigenvalue weighted by Crippen LogP contribution is 2.28. The number of fused-ring (bicyclic) bond motifs is 1. The number of benzene rings is 1. The van der Waals surface area contributed by atoms with Crippen molar-refractivity contribution in [3.63, 3.8) is 0 Å². The summed E-state index contributed by atoms with van der Waals surface area (Å²) in [6, 6.07) is 7.52. The van der Waals surface area contributed by atoms with Crippen LogP contribution in [-0.2, 0) is 0 Å². The number of anilines is 1. The third-order valence-corrected chi connectivity index (χ3v) is 3.78. The third kappa shape index (κ3) is 3.32. The first-order valence-corrected chi connectivity index (χ1v) is 7.74. The van der Waals surface area contributed by atoms with E-state index in [2.05, 4.69) is 15.3 Å². The SMILES string of the molecule is O=[N+]([O-])c1ccc(C=Cc2nc(NC3CC3)c3ccc(F)cc3n2)o1. The Hall–Kier alpha value is -3.29. The van der Waals surface area contributed by atoms with Gasteiger partial charge in [0.2, 0.25) is 0 Å². The van der Waals surface area contributed by atoms with Crippen LogP contribution in [0.25, 0.3) is 23.1 Å². The Bertz CT molecular complexity index is 995. The van der Waals surface area contributed by atoms with Crippen molar-refractivity contribution < 1.29 is 13.7 Å². The Morgan fingerprint density at radius 1 is 1.24 bits per heavy atom. The summed E-state index contributed by atoms with van der Waals surface area (Å²) in [5.41, 5.74) is 0.489. The maximum absolute atomic E-state index is 13.5. The predicted molar refractivity (Wildman–Crippen MR) is 90.4 cm³/mol. The number of halogens is 1. The lowest BCUT2D eigenvalue weighted by molar-refractivity contribution is -0.402. The van der Waals surface area contributed by atoms with Crippen molar-refractivity contribution in [3.05, 3.63) is 57.8 Å². The summed E-state index contributed by atoms with van der Waals surface area (Å²) in [7, 11) is 0. The summed E-state index contributed by atoms with van der Waals surface area (Å²) in [6.07, 6.45) is 5.27. The number of nitrogens with zero attached hydrogens (tertiary/aromatic N) is 3. The van der Waals surface area contributed by atoms with Crippen molar-refractivity contribution in [1.29, 1.82) is 0 Å². The molecule has 2 aromatic heterocycles. The highest BCUT2D eigenvalue weighted by atomic mass is 19.1. The average molecular weight is 340 g/mol. The van der Waals surface area contributed by atoms with E-state index in [0.717, 1.165) is 18.2 Å². The van der Waals surface area contributed by atoms with Crippen LogP contribution in [0.1, 0.15) is 24.4 Å². The second kappa shape index (κ2) is 5.97. The topological polar surface area (TPSA) is 94.1 Å². The molecular formula is C17H13FN4O3. The first-order valence-electron chi connectivity index (χ1n) is 7.74. The van der Waals surface area contributed by atoms with Crippen molar-refractivity contribution in [2.24, 2.45) is 0 Å². The molecule has 0 saturated heterocycles. The molecule has 2 heterocycles. The molecule has 0 spiro atoms. The molecule has 7 nitrogen and oxygen atoms in total. The summed E-state index contributed by atoms with van der Waals surface area (Å²) >= 11 is 0. The van der Waals surface area contributed by atoms with E-state index in [-0.39, 0.29) is 11.7 Å². The smallest absolute Gasteiger partial charge is 0.401 e. The quantitative estimate of drug-likeness (QED) is 0.557. The second-order valence-corrected chi connectivity index (χ2v) is 5.78. The van der Waals surface area contributed by atoms with Crippen LogP contribution in [0.3, 0.4) is 0 Å². The Kier molecular flexibility index (Phi) is 3.64. The van der Waals surface area contributed by atoms with E-state index >= 15 is 0 Å². The molecule has 0 amide bonds. The van der Waals surface area contributed by atoms with Gasteiger partial charge in [0.25, 0.3) is 0 Å². The normalized spacial score (nSPS) is 14.3. The fraction of sp³-hybridized carbons (Fsp3) is 0.176. The third-order valence-electron chi connectivity index (χ3n) is 3.78. The number of hydrogen-bond donors (Lipinski definition) is 1. The maximum atomic E-state index is 13.5. The van der Waals surface area contributed by atoms with Crippen LogP contribution in [-0.4, -0.2) is 20.9 Å². The van der Waals surface area contributed by atoms with Gasteiger partial charge < -0.3 is 9.73 Å². The summed E-state index contributed by atoms with van der Waals surface area (Å²) in [4.78, 5) is 18.8. The van der Waals surface area contributed by atoms with Crippen molar-refractivity contribution in [2.75, 3.05) is 5.32 Å². The minimum absolute atomic E-state index is 0.311. The van der Waals surface area contributed by atoms with E-state index in [1.807, 2.05) is 0 Å². The van der Waals surface area contributed by atoms with Gasteiger partial charge in [-0.1, -0.05) is 0 Å². The highest BCUT2D eigenvalue weighted by molar-refractivity contribution is 5.90. The zero-order chi connectivity index (χ0) is 17.4. The molecule has 1 saturated carbocycles. The standard InChI is InChI=1S/C17H13FN4O3/c18-10-1-6-13-14(9-10)20-15(21-17(13)19-11-2-3-11)7-4-12-5-8-16(25-12)22(23)24/h1,4-9,11H,2-3H2,(H,19,20,21). The van der Waals surface area contributed by atoms with E-state index in [1.54, 1.807) is 12.1 Å². The Labute approximate surface area is 141 Å². The van der Waals surface area contributed by atoms with E-state index in [9.17, 15) is 14.5 Å². The Morgan fingerprint density at radius 3 is 2.80 bits per heavy atom. The highest BCUT2D eigenvalue weighted by Gasteiger charge is 2.22. The summed E-state index contributed by atoms with van der Waals surface area (Å²) in [5, 5.41) is 14.7. The fourth-order valence-corrected chi connectivity index (χ4v) is 2.41. The van der Waals surface area contributed by atoms with Crippen molar-refractivity contribution in [2.45, 2.75) is 18.9 Å². The first kappa shape index (κ1) is 15.3. The molecule has 0 aliphatic heterocycles. The lowest BCUT2D eigenvalue weighted by Crippen LogP contribution is -2.05. The minimum atomic E-state index is -0.607. The van der Waals surface area contributed by atoms with Gasteiger partial charge in [-0.2, -0.15) is 0 Å². The summed E-state index contributed by atoms with van der Waals surface area (Å²) < 4.78 is 18.6. The zero-order valence-corrected chi connectivity index (χ0v) is 13.0. The summed E-state index contributed by atoms with van der Waals surface area (Å²) in [5.74, 6) is 0.613. The van der Waals surface area contributed by atoms with Gasteiger partial charge in [-0.3, -0.25) is 10.1 Å². The molecule has 1 fully saturated rings. The van der Waals surface area contributed by atoms with Gasteiger partial charge in [0.15, 0.2) is 5.82 Å². The summed E-state index contributed by atoms with van der Waals surface area (Å²) in [6.45, 7) is 0. The Balaban J connectivity index is 1.70. The van der Waals surface area contributed by atoms with Gasteiger partial charge in [0, 0.05) is 17.5 Å². The molecule has 3 aromatic rings. The van der Waals surface area contributed by atoms with E-state index in [0.29, 0.717) is 29.0 Å². The number of rotatable bonds is 5. The minimum Gasteiger partial charge on any atom is -0.401 e. The molecule has 0 unspecified atom stereocenters. The van der Waals surface area contributed by atoms with Crippen LogP contribution in [0.5, 0.6) is 0 Å². The molecule has 1 aliphatic rings. The van der Waals surface area contributed by atoms with Crippen LogP contribution in [0.4, 0.5) is 16.1 Å². The Morgan fingerprint density at radius 2 is 2.08 bits per heavy atom. The number of nitrogens with one attached hydrogen (secondary N) is 1. The van der Waals surface area contributed by atoms with Gasteiger partial charge in [0.05, 0.1) is 11.6 Å². The molecule has 0 radical (unpaired) electrons. The monoisotopic (exact) mass is 340 g/mol. The second-order valence-electron chi connectivity index (χ2n) is 5.78. The van der Waals surface area contributed by atoms with Crippen molar-refractivity contribution in [3.8, 4) is 0 Å². The molecule has 4 rings (SSSR count). The van der Waals surface area contributed by atoms with Gasteiger partial charge in [0.1, 0.15) is 22.3 Å². The van der Waals surface area contributed by atoms with Gasteiger partial charge in [-0.25, -0.2) is 14.4 Å². The molecule has 1 aliphatic carbocycles. The van der Waals surface area contributed by atoms with E-state index in [1.165, 1.54) is 30.3 Å². The molecule has 1 N–H and O–H groups in total.